The third-order valence-electron chi connectivity index (χ3n) is 4.73. The van der Waals surface area contributed by atoms with E-state index in [0.29, 0.717) is 11.8 Å². The summed E-state index contributed by atoms with van der Waals surface area (Å²) in [5.41, 5.74) is 7.39. The maximum atomic E-state index is 2.35. The second-order valence-electron chi connectivity index (χ2n) is 5.84. The van der Waals surface area contributed by atoms with Gasteiger partial charge in [0.25, 0.3) is 0 Å². The van der Waals surface area contributed by atoms with Crippen LogP contribution in [0.1, 0.15) is 29.5 Å². The van der Waals surface area contributed by atoms with Gasteiger partial charge < -0.3 is 24.8 Å². The van der Waals surface area contributed by atoms with Crippen LogP contribution >= 0.6 is 0 Å². The van der Waals surface area contributed by atoms with E-state index in [4.69, 9.17) is 0 Å². The molecule has 23 heavy (non-hydrogen) atoms. The Kier molecular flexibility index (Phi) is 7.52. The second kappa shape index (κ2) is 8.47. The normalized spacial score (nSPS) is 15.0. The van der Waals surface area contributed by atoms with Crippen LogP contribution in [0.3, 0.4) is 0 Å². The Bertz CT molecular complexity index is 722. The summed E-state index contributed by atoms with van der Waals surface area (Å²) in [6.07, 6.45) is 10.0. The Labute approximate surface area is 170 Å². The van der Waals surface area contributed by atoms with Crippen LogP contribution in [0.5, 0.6) is 0 Å². The van der Waals surface area contributed by atoms with E-state index in [9.17, 15) is 0 Å². The van der Waals surface area contributed by atoms with Gasteiger partial charge in [-0.25, -0.2) is 0 Å². The van der Waals surface area contributed by atoms with Crippen molar-refractivity contribution in [2.24, 2.45) is 5.92 Å². The van der Waals surface area contributed by atoms with E-state index in [1.807, 2.05) is 0 Å². The Morgan fingerprint density at radius 1 is 0.870 bits per heavy atom. The Morgan fingerprint density at radius 3 is 2.26 bits per heavy atom. The number of benzene rings is 2. The summed E-state index contributed by atoms with van der Waals surface area (Å²) in [5.74, 6) is 1.10. The largest absolute Gasteiger partial charge is 2.00 e. The first-order chi connectivity index (χ1) is 9.84. The fourth-order valence-corrected chi connectivity index (χ4v) is 3.60. The van der Waals surface area contributed by atoms with E-state index < -0.39 is 0 Å². The van der Waals surface area contributed by atoms with Crippen LogP contribution < -0.4 is 24.8 Å². The molecule has 116 valence electrons. The molecule has 0 spiro atoms. The third kappa shape index (κ3) is 3.58. The van der Waals surface area contributed by atoms with Gasteiger partial charge in [-0.2, -0.15) is 0 Å². The zero-order chi connectivity index (χ0) is 13.5. The van der Waals surface area contributed by atoms with Crippen LogP contribution in [0, 0.1) is 5.92 Å². The van der Waals surface area contributed by atoms with Crippen molar-refractivity contribution in [3.05, 3.63) is 83.5 Å². The zero-order valence-corrected chi connectivity index (χ0v) is 16.9. The third-order valence-corrected chi connectivity index (χ3v) is 4.73. The molecule has 0 amide bonds. The molecule has 0 aliphatic heterocycles. The monoisotopic (exact) mass is 418 g/mol. The fraction of sp³-hybridized carbons (Fsp3) is 0.200. The summed E-state index contributed by atoms with van der Waals surface area (Å²) in [7, 11) is 0. The number of rotatable bonds is 2. The fourth-order valence-electron chi connectivity index (χ4n) is 3.60. The van der Waals surface area contributed by atoms with Gasteiger partial charge in [0, 0.05) is 5.92 Å². The van der Waals surface area contributed by atoms with Gasteiger partial charge in [0.2, 0.25) is 0 Å². The van der Waals surface area contributed by atoms with Crippen LogP contribution in [-0.2, 0) is 32.6 Å². The van der Waals surface area contributed by atoms with E-state index >= 15 is 0 Å². The van der Waals surface area contributed by atoms with Crippen LogP contribution in [-0.4, -0.2) is 0 Å². The van der Waals surface area contributed by atoms with E-state index in [1.165, 1.54) is 27.8 Å². The molecule has 3 heteroatoms. The molecule has 0 radical (unpaired) electrons. The van der Waals surface area contributed by atoms with Crippen molar-refractivity contribution in [2.45, 2.75) is 19.3 Å². The molecule has 0 fully saturated rings. The van der Waals surface area contributed by atoms with Gasteiger partial charge in [0.15, 0.2) is 0 Å². The van der Waals surface area contributed by atoms with Crippen molar-refractivity contribution < 1.29 is 51.0 Å². The van der Waals surface area contributed by atoms with Crippen molar-refractivity contribution in [1.82, 2.24) is 0 Å². The molecule has 1 atom stereocenters. The molecule has 2 aromatic carbocycles. The molecule has 0 nitrogen and oxygen atoms in total. The van der Waals surface area contributed by atoms with E-state index in [-0.39, 0.29) is 51.0 Å². The first-order valence-electron chi connectivity index (χ1n) is 7.39. The number of fused-ring (bicyclic) bond motifs is 3. The maximum absolute atomic E-state index is 2.35. The minimum absolute atomic E-state index is 0. The standard InChI is InChI=1S/C20H18.2ClH.Zr/c1-14(15-7-2-3-8-15)17-11-6-12-19-18-10-5-4-9-16(18)13-20(17)19;;;/h2-12,14-15H,13H2,1H3;2*1H;/q;;;+2/p-2. The van der Waals surface area contributed by atoms with Gasteiger partial charge in [-0.15, -0.1) is 0 Å². The van der Waals surface area contributed by atoms with Crippen molar-refractivity contribution in [1.29, 1.82) is 0 Å². The van der Waals surface area contributed by atoms with Crippen LogP contribution in [0.25, 0.3) is 11.1 Å². The molecule has 0 aromatic heterocycles. The molecule has 0 saturated heterocycles. The van der Waals surface area contributed by atoms with Crippen LogP contribution in [0.15, 0.2) is 66.8 Å². The summed E-state index contributed by atoms with van der Waals surface area (Å²) in [4.78, 5) is 0. The van der Waals surface area contributed by atoms with E-state index in [0.717, 1.165) is 6.42 Å². The molecule has 0 N–H and O–H groups in total. The molecule has 2 aliphatic rings. The number of halogens is 2. The molecular weight excluding hydrogens is 402 g/mol. The molecule has 4 rings (SSSR count). The maximum Gasteiger partial charge on any atom is 2.00 e. The quantitative estimate of drug-likeness (QED) is 0.505. The molecular formula is C20H18Cl2Zr. The second-order valence-corrected chi connectivity index (χ2v) is 5.84. The first-order valence-corrected chi connectivity index (χ1v) is 7.39. The molecule has 1 unspecified atom stereocenters. The average molecular weight is 420 g/mol. The average Bonchev–Trinajstić information content (AvgIpc) is 3.13. The molecule has 2 aromatic rings. The van der Waals surface area contributed by atoms with E-state index in [1.54, 1.807) is 0 Å². The van der Waals surface area contributed by atoms with Gasteiger partial charge in [0.1, 0.15) is 0 Å². The number of allylic oxidation sites excluding steroid dienone is 4. The topological polar surface area (TPSA) is 0 Å². The van der Waals surface area contributed by atoms with Gasteiger partial charge in [-0.3, -0.25) is 0 Å². The SMILES string of the molecule is CC(c1cccc2c1Cc1ccccc1-2)C1C=CC=C1.[Cl-].[Cl-].[Zr+2]. The van der Waals surface area contributed by atoms with Gasteiger partial charge in [0.05, 0.1) is 0 Å². The van der Waals surface area contributed by atoms with Crippen LogP contribution in [0.4, 0.5) is 0 Å². The van der Waals surface area contributed by atoms with E-state index in [2.05, 4.69) is 73.7 Å². The zero-order valence-electron chi connectivity index (χ0n) is 13.0. The van der Waals surface area contributed by atoms with Gasteiger partial charge >= 0.3 is 26.2 Å². The summed E-state index contributed by atoms with van der Waals surface area (Å²) in [6.45, 7) is 2.35. The van der Waals surface area contributed by atoms with Gasteiger partial charge in [-0.1, -0.05) is 73.7 Å². The summed E-state index contributed by atoms with van der Waals surface area (Å²) in [6, 6.07) is 15.6. The minimum atomic E-state index is 0. The number of hydrogen-bond acceptors (Lipinski definition) is 0. The summed E-state index contributed by atoms with van der Waals surface area (Å²) < 4.78 is 0. The van der Waals surface area contributed by atoms with Crippen molar-refractivity contribution >= 4 is 0 Å². The first kappa shape index (κ1) is 20.4. The smallest absolute Gasteiger partial charge is 1.00 e. The van der Waals surface area contributed by atoms with Crippen molar-refractivity contribution in [2.75, 3.05) is 0 Å². The molecule has 2 aliphatic carbocycles. The summed E-state index contributed by atoms with van der Waals surface area (Å²) in [5, 5.41) is 0. The Balaban J connectivity index is 0.000000882. The Hall–Kier alpha value is -0.617. The predicted molar refractivity (Wildman–Crippen MR) is 84.9 cm³/mol. The van der Waals surface area contributed by atoms with Crippen molar-refractivity contribution in [3.63, 3.8) is 0 Å². The predicted octanol–water partition coefficient (Wildman–Crippen LogP) is -0.891. The minimum Gasteiger partial charge on any atom is -1.00 e. The van der Waals surface area contributed by atoms with Crippen molar-refractivity contribution in [3.8, 4) is 11.1 Å². The van der Waals surface area contributed by atoms with Gasteiger partial charge in [-0.05, 0) is 40.2 Å². The number of hydrogen-bond donors (Lipinski definition) is 0. The van der Waals surface area contributed by atoms with Crippen LogP contribution in [0.2, 0.25) is 0 Å². The molecule has 0 saturated carbocycles. The molecule has 0 heterocycles. The Morgan fingerprint density at radius 2 is 1.52 bits per heavy atom. The molecule has 0 bridgehead atoms. The summed E-state index contributed by atoms with van der Waals surface area (Å²) >= 11 is 0.